The number of alkyl halides is 4. The molecule has 3 atom stereocenters. The van der Waals surface area contributed by atoms with Crippen molar-refractivity contribution in [2.45, 2.75) is 63.2 Å². The molecule has 0 aliphatic heterocycles. The molecule has 0 aliphatic rings. The second-order valence-electron chi connectivity index (χ2n) is 14.2. The van der Waals surface area contributed by atoms with Crippen LogP contribution < -0.4 is 21.7 Å². The average Bonchev–Trinajstić information content (AvgIpc) is 3.58. The molecular formula is C39H48BrF5N6O9. The fourth-order valence-corrected chi connectivity index (χ4v) is 6.20. The van der Waals surface area contributed by atoms with Crippen molar-refractivity contribution in [2.75, 3.05) is 39.9 Å². The van der Waals surface area contributed by atoms with Crippen molar-refractivity contribution in [3.63, 3.8) is 0 Å². The summed E-state index contributed by atoms with van der Waals surface area (Å²) >= 11 is 3.03. The molecular weight excluding hydrogens is 871 g/mol. The number of rotatable bonds is 18. The van der Waals surface area contributed by atoms with Gasteiger partial charge in [-0.3, -0.25) is 24.0 Å². The molecule has 0 radical (unpaired) electrons. The lowest BCUT2D eigenvalue weighted by molar-refractivity contribution is -0.192. The summed E-state index contributed by atoms with van der Waals surface area (Å²) in [6.45, 7) is 4.93. The number of methoxy groups -OCH3 is 1. The van der Waals surface area contributed by atoms with Gasteiger partial charge >= 0.3 is 18.1 Å². The molecule has 15 nitrogen and oxygen atoms in total. The van der Waals surface area contributed by atoms with E-state index in [1.165, 1.54) is 12.0 Å². The Labute approximate surface area is 350 Å². The molecule has 0 saturated heterocycles. The molecule has 60 heavy (non-hydrogen) atoms. The number of aliphatic hydroxyl groups is 1. The number of aromatic nitrogens is 1. The van der Waals surface area contributed by atoms with Crippen LogP contribution in [-0.4, -0.2) is 112 Å². The number of ether oxygens (including phenoxy) is 1. The van der Waals surface area contributed by atoms with E-state index in [-0.39, 0.29) is 44.6 Å². The molecule has 7 N–H and O–H groups in total. The van der Waals surface area contributed by atoms with Crippen molar-refractivity contribution in [3.8, 4) is 11.1 Å². The summed E-state index contributed by atoms with van der Waals surface area (Å²) in [5.74, 6) is -6.82. The van der Waals surface area contributed by atoms with Crippen LogP contribution in [0.25, 0.3) is 11.1 Å². The summed E-state index contributed by atoms with van der Waals surface area (Å²) in [4.78, 5) is 71.2. The van der Waals surface area contributed by atoms with Crippen LogP contribution in [0.1, 0.15) is 50.9 Å². The number of carboxylic acid groups (broad SMARTS) is 1. The molecule has 0 fully saturated rings. The number of carbonyl (C=O) groups excluding carboxylic acids is 5. The number of hydrogen-bond acceptors (Lipinski definition) is 9. The normalized spacial score (nSPS) is 12.8. The van der Waals surface area contributed by atoms with E-state index in [1.54, 1.807) is 12.3 Å². The maximum atomic E-state index is 15.0. The van der Waals surface area contributed by atoms with Crippen LogP contribution in [0.15, 0.2) is 60.8 Å². The highest BCUT2D eigenvalue weighted by atomic mass is 79.9. The second kappa shape index (κ2) is 23.4. The molecule has 0 saturated carbocycles. The summed E-state index contributed by atoms with van der Waals surface area (Å²) < 4.78 is 67.4. The third-order valence-electron chi connectivity index (χ3n) is 8.51. The molecule has 4 amide bonds. The van der Waals surface area contributed by atoms with E-state index in [0.29, 0.717) is 17.8 Å². The second-order valence-corrected chi connectivity index (χ2v) is 15.3. The first kappa shape index (κ1) is 50.7. The molecule has 1 aromatic heterocycles. The van der Waals surface area contributed by atoms with Gasteiger partial charge in [-0.1, -0.05) is 67.0 Å². The Morgan fingerprint density at radius 1 is 0.933 bits per heavy atom. The monoisotopic (exact) mass is 918 g/mol. The number of nitrogens with two attached hydrogens (primary N) is 1. The fourth-order valence-electron chi connectivity index (χ4n) is 5.72. The summed E-state index contributed by atoms with van der Waals surface area (Å²) in [7, 11) is 1.19. The third kappa shape index (κ3) is 16.3. The van der Waals surface area contributed by atoms with Gasteiger partial charge in [-0.2, -0.15) is 13.2 Å². The highest BCUT2D eigenvalue weighted by Gasteiger charge is 2.39. The number of hydrogen-bond donors (Lipinski definition) is 6. The number of nitrogens with one attached hydrogen (secondary N) is 3. The zero-order valence-electron chi connectivity index (χ0n) is 33.2. The van der Waals surface area contributed by atoms with Gasteiger partial charge in [-0.05, 0) is 41.7 Å². The number of carbonyl (C=O) groups is 6. The lowest BCUT2D eigenvalue weighted by Gasteiger charge is -2.41. The van der Waals surface area contributed by atoms with E-state index in [0.717, 1.165) is 23.8 Å². The van der Waals surface area contributed by atoms with Crippen molar-refractivity contribution in [1.82, 2.24) is 25.4 Å². The van der Waals surface area contributed by atoms with Crippen molar-refractivity contribution >= 4 is 51.5 Å². The maximum Gasteiger partial charge on any atom is 0.490 e. The molecule has 1 unspecified atom stereocenters. The largest absolute Gasteiger partial charge is 0.490 e. The van der Waals surface area contributed by atoms with E-state index in [1.807, 2.05) is 55.7 Å². The number of amides is 4. The number of esters is 1. The van der Waals surface area contributed by atoms with Crippen LogP contribution in [0.2, 0.25) is 0 Å². The van der Waals surface area contributed by atoms with Gasteiger partial charge in [0.05, 0.1) is 25.7 Å². The Balaban J connectivity index is 0.00000162. The van der Waals surface area contributed by atoms with E-state index >= 15 is 0 Å². The zero-order valence-corrected chi connectivity index (χ0v) is 34.7. The Bertz CT molecular complexity index is 1940. The number of nitrogens with zero attached hydrogens (tertiary/aromatic N) is 2. The van der Waals surface area contributed by atoms with Crippen LogP contribution in [0.3, 0.4) is 0 Å². The maximum absolute atomic E-state index is 15.0. The number of carboxylic acids is 1. The van der Waals surface area contributed by atoms with E-state index in [2.05, 4.69) is 36.6 Å². The number of halogens is 6. The Hall–Kier alpha value is -5.41. The number of aliphatic hydroxyl groups excluding tert-OH is 1. The van der Waals surface area contributed by atoms with Crippen LogP contribution in [0.5, 0.6) is 0 Å². The minimum atomic E-state index is -5.08. The van der Waals surface area contributed by atoms with Gasteiger partial charge in [0.25, 0.3) is 0 Å². The lowest BCUT2D eigenvalue weighted by Crippen LogP contribution is -2.48. The summed E-state index contributed by atoms with van der Waals surface area (Å²) in [5, 5.41) is 24.7. The number of benzene rings is 2. The Morgan fingerprint density at radius 3 is 2.12 bits per heavy atom. The molecule has 21 heteroatoms. The lowest BCUT2D eigenvalue weighted by atomic mass is 9.82. The van der Waals surface area contributed by atoms with Crippen molar-refractivity contribution in [1.29, 1.82) is 0 Å². The summed E-state index contributed by atoms with van der Waals surface area (Å²) in [6, 6.07) is 12.6. The van der Waals surface area contributed by atoms with Gasteiger partial charge in [-0.25, -0.2) is 13.6 Å². The molecule has 0 bridgehead atoms. The van der Waals surface area contributed by atoms with Crippen LogP contribution in [0, 0.1) is 17.0 Å². The first-order chi connectivity index (χ1) is 28.0. The predicted molar refractivity (Wildman–Crippen MR) is 211 cm³/mol. The quantitative estimate of drug-likeness (QED) is 0.0473. The standard InChI is InChI=1S/C37H47BrF2N6O7.C2HF3O2/c1-37(2,3)34(30-16-24(26-17-25(39)10-11-28(26)40)21-45(30)20-23-8-6-5-7-9-23)46(33(50)22-47)15-12-29(41)35(51)43-14-13-42-32(49)19-44-31(48)18-27(38)36(52)53-4;3-2(4,5)1(6)7/h5-11,16-17,21,27,29,34,47H,12-15,18-20,22,41H2,1-4H3,(H,42,49)(H,43,51)(H,44,48);(H,6,7)/t27?,29-,34-;/m0./s1. The van der Waals surface area contributed by atoms with Crippen molar-refractivity contribution in [3.05, 3.63) is 83.7 Å². The van der Waals surface area contributed by atoms with Crippen molar-refractivity contribution < 1.29 is 65.7 Å². The third-order valence-corrected chi connectivity index (χ3v) is 9.20. The minimum absolute atomic E-state index is 0.00740. The van der Waals surface area contributed by atoms with E-state index in [9.17, 15) is 51.0 Å². The molecule has 1 heterocycles. The average molecular weight is 920 g/mol. The van der Waals surface area contributed by atoms with E-state index < -0.39 is 82.3 Å². The van der Waals surface area contributed by atoms with Crippen LogP contribution in [-0.2, 0) is 40.0 Å². The number of aliphatic carboxylic acids is 1. The van der Waals surface area contributed by atoms with Gasteiger partial charge in [0.2, 0.25) is 23.6 Å². The van der Waals surface area contributed by atoms with Gasteiger partial charge in [-0.15, -0.1) is 0 Å². The molecule has 3 aromatic rings. The SMILES string of the molecule is COC(=O)C(Br)CC(=O)NCC(=O)NCCNC(=O)[C@@H](N)CCN(C(=O)CO)[C@@H](c1cc(-c2cc(F)ccc2F)cn1Cc1ccccc1)C(C)(C)C.O=C(O)C(F)(F)F. The highest BCUT2D eigenvalue weighted by molar-refractivity contribution is 9.10. The Morgan fingerprint density at radius 2 is 1.55 bits per heavy atom. The van der Waals surface area contributed by atoms with Crippen LogP contribution >= 0.6 is 15.9 Å². The zero-order chi connectivity index (χ0) is 45.4. The Kier molecular flexibility index (Phi) is 19.8. The topological polar surface area (TPSA) is 222 Å². The van der Waals surface area contributed by atoms with Crippen LogP contribution in [0.4, 0.5) is 22.0 Å². The van der Waals surface area contributed by atoms with Gasteiger partial charge in [0, 0.05) is 55.6 Å². The van der Waals surface area contributed by atoms with Gasteiger partial charge in [0.1, 0.15) is 23.1 Å². The van der Waals surface area contributed by atoms with E-state index in [4.69, 9.17) is 15.6 Å². The first-order valence-electron chi connectivity index (χ1n) is 18.2. The fraction of sp³-hybridized carbons (Fsp3) is 0.436. The summed E-state index contributed by atoms with van der Waals surface area (Å²) in [6.07, 6.45) is -3.59. The molecule has 330 valence electrons. The highest BCUT2D eigenvalue weighted by Crippen LogP contribution is 2.41. The van der Waals surface area contributed by atoms with Gasteiger partial charge in [0.15, 0.2) is 0 Å². The molecule has 2 aromatic carbocycles. The predicted octanol–water partition coefficient (Wildman–Crippen LogP) is 3.42. The first-order valence-corrected chi connectivity index (χ1v) is 19.1. The van der Waals surface area contributed by atoms with Crippen molar-refractivity contribution in [2.24, 2.45) is 11.1 Å². The van der Waals surface area contributed by atoms with Gasteiger partial charge < -0.3 is 46.1 Å². The molecule has 0 spiro atoms. The minimum Gasteiger partial charge on any atom is -0.475 e. The summed E-state index contributed by atoms with van der Waals surface area (Å²) in [5.41, 5.74) is 7.54. The smallest absolute Gasteiger partial charge is 0.475 e. The molecule has 3 rings (SSSR count). The molecule has 0 aliphatic carbocycles.